The zero-order chi connectivity index (χ0) is 24.6. The Balaban J connectivity index is 1.62. The smallest absolute Gasteiger partial charge is 0.339 e. The van der Waals surface area contributed by atoms with Crippen LogP contribution in [-0.2, 0) is 17.6 Å². The molecule has 4 rings (SSSR count). The van der Waals surface area contributed by atoms with Gasteiger partial charge >= 0.3 is 5.63 Å². The number of methoxy groups -OCH3 is 1. The van der Waals surface area contributed by atoms with E-state index in [4.69, 9.17) is 13.9 Å². The molecule has 2 aromatic carbocycles. The first-order valence-electron chi connectivity index (χ1n) is 11.5. The quantitative estimate of drug-likeness (QED) is 0.506. The van der Waals surface area contributed by atoms with Gasteiger partial charge in [0.25, 0.3) is 0 Å². The number of aliphatic hydroxyl groups excluding tert-OH is 1. The Morgan fingerprint density at radius 3 is 2.76 bits per heavy atom. The molecule has 1 aromatic heterocycles. The summed E-state index contributed by atoms with van der Waals surface area (Å²) in [5, 5.41) is 13.3. The van der Waals surface area contributed by atoms with Gasteiger partial charge in [-0.2, -0.15) is 0 Å². The van der Waals surface area contributed by atoms with Crippen molar-refractivity contribution in [3.8, 4) is 11.5 Å². The van der Waals surface area contributed by atoms with Gasteiger partial charge in [0, 0.05) is 29.3 Å². The van der Waals surface area contributed by atoms with E-state index in [1.54, 1.807) is 38.3 Å². The van der Waals surface area contributed by atoms with Crippen molar-refractivity contribution in [3.05, 3.63) is 63.0 Å². The molecule has 180 valence electrons. The molecule has 1 amide bonds. The van der Waals surface area contributed by atoms with Crippen molar-refractivity contribution >= 4 is 22.6 Å². The molecule has 34 heavy (non-hydrogen) atoms. The molecule has 0 saturated carbocycles. The Morgan fingerprint density at radius 1 is 1.29 bits per heavy atom. The second-order valence-corrected chi connectivity index (χ2v) is 9.46. The van der Waals surface area contributed by atoms with Gasteiger partial charge in [0.2, 0.25) is 5.91 Å². The molecule has 1 unspecified atom stereocenters. The molecule has 2 heterocycles. The van der Waals surface area contributed by atoms with E-state index in [2.05, 4.69) is 5.32 Å². The summed E-state index contributed by atoms with van der Waals surface area (Å²) in [6.07, 6.45) is 1.26. The van der Waals surface area contributed by atoms with Gasteiger partial charge < -0.3 is 24.3 Å². The number of fused-ring (bicyclic) bond motifs is 3. The molecule has 0 fully saturated rings. The number of aryl methyl sites for hydroxylation is 2. The summed E-state index contributed by atoms with van der Waals surface area (Å²) in [6, 6.07) is 8.92. The zero-order valence-electron chi connectivity index (χ0n) is 20.3. The molecule has 3 aromatic rings. The van der Waals surface area contributed by atoms with Crippen molar-refractivity contribution in [3.63, 3.8) is 0 Å². The maximum atomic E-state index is 12.9. The van der Waals surface area contributed by atoms with Crippen LogP contribution >= 0.6 is 0 Å². The molecular weight excluding hydrogens is 434 g/mol. The van der Waals surface area contributed by atoms with E-state index in [-0.39, 0.29) is 24.3 Å². The molecular formula is C27H31NO6. The fourth-order valence-electron chi connectivity index (χ4n) is 4.47. The number of rotatable bonds is 6. The van der Waals surface area contributed by atoms with E-state index < -0.39 is 11.7 Å². The SMILES string of the molecule is COc1cc2c(c3oc(=O)c(CCC(=O)Nc4cccc(C(C)O)c4)c(C)c13)CCC(C)(C)O2. The minimum atomic E-state index is -0.626. The van der Waals surface area contributed by atoms with Crippen LogP contribution in [0, 0.1) is 6.92 Å². The largest absolute Gasteiger partial charge is 0.496 e. The van der Waals surface area contributed by atoms with Crippen LogP contribution < -0.4 is 20.4 Å². The highest BCUT2D eigenvalue weighted by Crippen LogP contribution is 2.43. The fourth-order valence-corrected chi connectivity index (χ4v) is 4.47. The molecule has 1 atom stereocenters. The van der Waals surface area contributed by atoms with Gasteiger partial charge in [0.15, 0.2) is 0 Å². The van der Waals surface area contributed by atoms with Gasteiger partial charge in [-0.15, -0.1) is 0 Å². The minimum absolute atomic E-state index is 0.112. The van der Waals surface area contributed by atoms with Crippen molar-refractivity contribution in [1.82, 2.24) is 0 Å². The molecule has 2 N–H and O–H groups in total. The van der Waals surface area contributed by atoms with E-state index in [9.17, 15) is 14.7 Å². The molecule has 1 aliphatic heterocycles. The standard InChI is InChI=1S/C27H31NO6/c1-15-19(9-10-23(30)28-18-8-6-7-17(13-18)16(2)29)26(31)33-25-20-11-12-27(3,4)34-21(20)14-22(32-5)24(15)25/h6-8,13-14,16,29H,9-12H2,1-5H3,(H,28,30). The summed E-state index contributed by atoms with van der Waals surface area (Å²) < 4.78 is 17.6. The summed E-state index contributed by atoms with van der Waals surface area (Å²) in [4.78, 5) is 25.5. The fraction of sp³-hybridized carbons (Fsp3) is 0.407. The van der Waals surface area contributed by atoms with E-state index in [0.29, 0.717) is 33.9 Å². The topological polar surface area (TPSA) is 98.0 Å². The van der Waals surface area contributed by atoms with E-state index in [1.807, 2.05) is 26.8 Å². The van der Waals surface area contributed by atoms with E-state index in [0.717, 1.165) is 29.4 Å². The Hall–Kier alpha value is -3.32. The number of amides is 1. The van der Waals surface area contributed by atoms with Crippen molar-refractivity contribution in [2.24, 2.45) is 0 Å². The van der Waals surface area contributed by atoms with Crippen LogP contribution in [0.3, 0.4) is 0 Å². The summed E-state index contributed by atoms with van der Waals surface area (Å²) in [6.45, 7) is 7.59. The number of nitrogens with one attached hydrogen (secondary N) is 1. The molecule has 7 heteroatoms. The molecule has 1 aliphatic rings. The summed E-state index contributed by atoms with van der Waals surface area (Å²) in [5.74, 6) is 1.03. The Labute approximate surface area is 198 Å². The number of aliphatic hydroxyl groups is 1. The molecule has 0 radical (unpaired) electrons. The second kappa shape index (κ2) is 9.14. The normalized spacial score (nSPS) is 15.4. The minimum Gasteiger partial charge on any atom is -0.496 e. The van der Waals surface area contributed by atoms with E-state index in [1.165, 1.54) is 0 Å². The third kappa shape index (κ3) is 4.66. The lowest BCUT2D eigenvalue weighted by molar-refractivity contribution is -0.116. The first-order chi connectivity index (χ1) is 16.1. The van der Waals surface area contributed by atoms with Crippen LogP contribution in [0.1, 0.15) is 62.0 Å². The van der Waals surface area contributed by atoms with Gasteiger partial charge in [-0.1, -0.05) is 12.1 Å². The maximum absolute atomic E-state index is 12.9. The second-order valence-electron chi connectivity index (χ2n) is 9.46. The van der Waals surface area contributed by atoms with E-state index >= 15 is 0 Å². The van der Waals surface area contributed by atoms with Crippen LogP contribution in [0.25, 0.3) is 11.0 Å². The summed E-state index contributed by atoms with van der Waals surface area (Å²) >= 11 is 0. The third-order valence-corrected chi connectivity index (χ3v) is 6.41. The molecule has 0 aliphatic carbocycles. The Bertz CT molecular complexity index is 1300. The Morgan fingerprint density at radius 2 is 2.06 bits per heavy atom. The van der Waals surface area contributed by atoms with Crippen molar-refractivity contribution in [2.45, 2.75) is 65.1 Å². The van der Waals surface area contributed by atoms with Gasteiger partial charge in [0.05, 0.1) is 18.6 Å². The lowest BCUT2D eigenvalue weighted by Gasteiger charge is -2.33. The lowest BCUT2D eigenvalue weighted by Crippen LogP contribution is -2.32. The number of ether oxygens (including phenoxy) is 2. The van der Waals surface area contributed by atoms with Crippen molar-refractivity contribution in [2.75, 3.05) is 12.4 Å². The number of hydrogen-bond donors (Lipinski definition) is 2. The van der Waals surface area contributed by atoms with Crippen molar-refractivity contribution in [1.29, 1.82) is 0 Å². The number of carbonyl (C=O) groups is 1. The highest BCUT2D eigenvalue weighted by molar-refractivity contribution is 5.93. The average Bonchev–Trinajstić information content (AvgIpc) is 2.77. The lowest BCUT2D eigenvalue weighted by atomic mass is 9.91. The third-order valence-electron chi connectivity index (χ3n) is 6.41. The van der Waals surface area contributed by atoms with Gasteiger partial charge in [0.1, 0.15) is 22.7 Å². The van der Waals surface area contributed by atoms with Crippen LogP contribution in [0.15, 0.2) is 39.5 Å². The maximum Gasteiger partial charge on any atom is 0.339 e. The van der Waals surface area contributed by atoms with Crippen LogP contribution in [0.2, 0.25) is 0 Å². The molecule has 0 saturated heterocycles. The first kappa shape index (κ1) is 23.8. The van der Waals surface area contributed by atoms with Crippen LogP contribution in [-0.4, -0.2) is 23.7 Å². The monoisotopic (exact) mass is 465 g/mol. The highest BCUT2D eigenvalue weighted by Gasteiger charge is 2.31. The molecule has 0 bridgehead atoms. The predicted octanol–water partition coefficient (Wildman–Crippen LogP) is 4.84. The highest BCUT2D eigenvalue weighted by atomic mass is 16.5. The summed E-state index contributed by atoms with van der Waals surface area (Å²) in [5.41, 5.74) is 3.13. The van der Waals surface area contributed by atoms with Crippen LogP contribution in [0.5, 0.6) is 11.5 Å². The average molecular weight is 466 g/mol. The number of hydrogen-bond acceptors (Lipinski definition) is 6. The first-order valence-corrected chi connectivity index (χ1v) is 11.5. The molecule has 7 nitrogen and oxygen atoms in total. The Kier molecular flexibility index (Phi) is 6.41. The number of anilines is 1. The number of benzene rings is 2. The molecule has 0 spiro atoms. The number of carbonyl (C=O) groups excluding carboxylic acids is 1. The van der Waals surface area contributed by atoms with Crippen LogP contribution in [0.4, 0.5) is 5.69 Å². The zero-order valence-corrected chi connectivity index (χ0v) is 20.3. The van der Waals surface area contributed by atoms with Gasteiger partial charge in [-0.3, -0.25) is 4.79 Å². The summed E-state index contributed by atoms with van der Waals surface area (Å²) in [7, 11) is 1.58. The van der Waals surface area contributed by atoms with Gasteiger partial charge in [-0.25, -0.2) is 4.79 Å². The van der Waals surface area contributed by atoms with Crippen molar-refractivity contribution < 1.29 is 23.8 Å². The predicted molar refractivity (Wildman–Crippen MR) is 131 cm³/mol. The van der Waals surface area contributed by atoms with Gasteiger partial charge in [-0.05, 0) is 70.2 Å².